The van der Waals surface area contributed by atoms with E-state index in [1.807, 2.05) is 58.9 Å². The van der Waals surface area contributed by atoms with E-state index in [0.29, 0.717) is 0 Å². The summed E-state index contributed by atoms with van der Waals surface area (Å²) in [5, 5.41) is 3.11. The second-order valence-electron chi connectivity index (χ2n) is 5.67. The Morgan fingerprint density at radius 1 is 1.21 bits per heavy atom. The van der Waals surface area contributed by atoms with Gasteiger partial charge >= 0.3 is 7.12 Å². The Hall–Kier alpha value is -1.33. The van der Waals surface area contributed by atoms with Gasteiger partial charge in [0.1, 0.15) is 0 Å². The van der Waals surface area contributed by atoms with Crippen LogP contribution in [0.3, 0.4) is 0 Å². The molecule has 0 spiro atoms. The van der Waals surface area contributed by atoms with Crippen molar-refractivity contribution in [2.45, 2.75) is 38.9 Å². The maximum atomic E-state index is 5.90. The molecule has 102 valence electrons. The van der Waals surface area contributed by atoms with Gasteiger partial charge in [-0.2, -0.15) is 0 Å². The van der Waals surface area contributed by atoms with E-state index in [2.05, 4.69) is 10.3 Å². The van der Waals surface area contributed by atoms with Gasteiger partial charge in [0.05, 0.1) is 22.6 Å². The van der Waals surface area contributed by atoms with E-state index in [0.717, 1.165) is 11.4 Å². The molecule has 2 rings (SSSR count). The first-order valence-electron chi connectivity index (χ1n) is 6.52. The normalized spacial score (nSPS) is 21.0. The Labute approximate surface area is 115 Å². The largest absolute Gasteiger partial charge is 0.487 e. The fourth-order valence-electron chi connectivity index (χ4n) is 1.90. The number of pyridine rings is 1. The highest BCUT2D eigenvalue weighted by atomic mass is 16.7. The van der Waals surface area contributed by atoms with E-state index in [1.54, 1.807) is 6.20 Å². The van der Waals surface area contributed by atoms with Gasteiger partial charge in [0, 0.05) is 13.2 Å². The minimum atomic E-state index is -0.336. The van der Waals surface area contributed by atoms with Crippen LogP contribution in [-0.2, 0) is 9.31 Å². The Bertz CT molecular complexity index is 470. The number of hydrogen-bond donors (Lipinski definition) is 1. The lowest BCUT2D eigenvalue weighted by Gasteiger charge is -2.32. The first-order chi connectivity index (χ1) is 8.86. The van der Waals surface area contributed by atoms with E-state index >= 15 is 0 Å². The quantitative estimate of drug-likeness (QED) is 0.848. The Morgan fingerprint density at radius 3 is 2.42 bits per heavy atom. The smallest absolute Gasteiger partial charge is 0.400 e. The topological polar surface area (TPSA) is 43.4 Å². The van der Waals surface area contributed by atoms with Crippen molar-refractivity contribution in [3.8, 4) is 0 Å². The number of anilines is 1. The molecule has 1 aliphatic rings. The van der Waals surface area contributed by atoms with Crippen LogP contribution in [0.15, 0.2) is 24.3 Å². The average molecular weight is 260 g/mol. The third kappa shape index (κ3) is 2.82. The summed E-state index contributed by atoms with van der Waals surface area (Å²) in [5.41, 5.74) is 1.24. The maximum Gasteiger partial charge on any atom is 0.487 e. The molecule has 19 heavy (non-hydrogen) atoms. The van der Waals surface area contributed by atoms with Gasteiger partial charge < -0.3 is 14.6 Å². The molecule has 1 N–H and O–H groups in total. The lowest BCUT2D eigenvalue weighted by molar-refractivity contribution is 0.00578. The van der Waals surface area contributed by atoms with Crippen LogP contribution in [0, 0.1) is 0 Å². The average Bonchev–Trinajstić information content (AvgIpc) is 2.55. The summed E-state index contributed by atoms with van der Waals surface area (Å²) in [6.07, 6.45) is 3.69. The summed E-state index contributed by atoms with van der Waals surface area (Å²) >= 11 is 0. The van der Waals surface area contributed by atoms with Gasteiger partial charge in [0.15, 0.2) is 0 Å². The van der Waals surface area contributed by atoms with E-state index < -0.39 is 0 Å². The number of hydrogen-bond acceptors (Lipinski definition) is 4. The third-order valence-electron chi connectivity index (χ3n) is 3.79. The molecule has 0 radical (unpaired) electrons. The zero-order valence-corrected chi connectivity index (χ0v) is 12.2. The molecule has 0 amide bonds. The van der Waals surface area contributed by atoms with Crippen LogP contribution in [0.25, 0.3) is 6.08 Å². The fraction of sp³-hybridized carbons (Fsp3) is 0.500. The minimum absolute atomic E-state index is 0.308. The highest BCUT2D eigenvalue weighted by Crippen LogP contribution is 2.37. The molecule has 5 heteroatoms. The predicted octanol–water partition coefficient (Wildman–Crippen LogP) is 2.77. The first-order valence-corrected chi connectivity index (χ1v) is 6.52. The molecule has 1 aromatic heterocycles. The minimum Gasteiger partial charge on any atom is -0.400 e. The van der Waals surface area contributed by atoms with Crippen LogP contribution in [0.4, 0.5) is 5.69 Å². The highest BCUT2D eigenvalue weighted by molar-refractivity contribution is 6.52. The van der Waals surface area contributed by atoms with Gasteiger partial charge in [-0.05, 0) is 45.9 Å². The number of rotatable bonds is 3. The Kier molecular flexibility index (Phi) is 3.70. The summed E-state index contributed by atoms with van der Waals surface area (Å²) < 4.78 is 11.8. The molecule has 0 aliphatic carbocycles. The predicted molar refractivity (Wildman–Crippen MR) is 78.9 cm³/mol. The molecule has 2 heterocycles. The molecule has 0 aromatic carbocycles. The lowest BCUT2D eigenvalue weighted by atomic mass is 9.89. The van der Waals surface area contributed by atoms with Crippen LogP contribution in [0.2, 0.25) is 0 Å². The van der Waals surface area contributed by atoms with Gasteiger partial charge in [-0.15, -0.1) is 0 Å². The van der Waals surface area contributed by atoms with Crippen molar-refractivity contribution in [1.29, 1.82) is 0 Å². The van der Waals surface area contributed by atoms with Crippen molar-refractivity contribution in [3.05, 3.63) is 30.0 Å². The summed E-state index contributed by atoms with van der Waals surface area (Å²) in [6.45, 7) is 8.17. The monoisotopic (exact) mass is 260 g/mol. The van der Waals surface area contributed by atoms with Crippen LogP contribution in [0.1, 0.15) is 33.4 Å². The zero-order chi connectivity index (χ0) is 14.1. The van der Waals surface area contributed by atoms with Crippen molar-refractivity contribution in [1.82, 2.24) is 4.98 Å². The van der Waals surface area contributed by atoms with E-state index in [-0.39, 0.29) is 18.3 Å². The zero-order valence-electron chi connectivity index (χ0n) is 12.2. The van der Waals surface area contributed by atoms with E-state index in [9.17, 15) is 0 Å². The molecule has 1 aromatic rings. The second-order valence-corrected chi connectivity index (χ2v) is 5.67. The first kappa shape index (κ1) is 14.1. The Balaban J connectivity index is 2.13. The highest BCUT2D eigenvalue weighted by Gasteiger charge is 2.50. The standard InChI is InChI=1S/C14H21BN2O2/c1-13(2)14(3,4)19-15(18-13)9-8-12-11(16-5)7-6-10-17-12/h6-10,16H,1-5H3/b9-8+. The molecule has 0 bridgehead atoms. The fourth-order valence-corrected chi connectivity index (χ4v) is 1.90. The summed E-state index contributed by atoms with van der Waals surface area (Å²) in [7, 11) is 1.54. The van der Waals surface area contributed by atoms with Crippen molar-refractivity contribution in [3.63, 3.8) is 0 Å². The lowest BCUT2D eigenvalue weighted by Crippen LogP contribution is -2.41. The summed E-state index contributed by atoms with van der Waals surface area (Å²) in [5.74, 6) is 1.90. The molecule has 1 saturated heterocycles. The summed E-state index contributed by atoms with van der Waals surface area (Å²) in [4.78, 5) is 4.32. The molecule has 1 fully saturated rings. The molecular formula is C14H21BN2O2. The van der Waals surface area contributed by atoms with E-state index in [4.69, 9.17) is 9.31 Å². The van der Waals surface area contributed by atoms with Crippen LogP contribution < -0.4 is 5.32 Å². The second kappa shape index (κ2) is 4.98. The molecule has 4 nitrogen and oxygen atoms in total. The third-order valence-corrected chi connectivity index (χ3v) is 3.79. The van der Waals surface area contributed by atoms with Gasteiger partial charge in [0.2, 0.25) is 0 Å². The van der Waals surface area contributed by atoms with Crippen molar-refractivity contribution in [2.24, 2.45) is 0 Å². The van der Waals surface area contributed by atoms with E-state index in [1.165, 1.54) is 0 Å². The number of aromatic nitrogens is 1. The van der Waals surface area contributed by atoms with Crippen LogP contribution in [-0.4, -0.2) is 30.4 Å². The van der Waals surface area contributed by atoms with Gasteiger partial charge in [0.25, 0.3) is 0 Å². The van der Waals surface area contributed by atoms with Gasteiger partial charge in [-0.3, -0.25) is 4.98 Å². The van der Waals surface area contributed by atoms with Gasteiger partial charge in [-0.25, -0.2) is 0 Å². The van der Waals surface area contributed by atoms with Crippen molar-refractivity contribution >= 4 is 18.9 Å². The number of nitrogens with one attached hydrogen (secondary N) is 1. The summed E-state index contributed by atoms with van der Waals surface area (Å²) in [6, 6.07) is 3.88. The molecule has 1 aliphatic heterocycles. The van der Waals surface area contributed by atoms with Crippen LogP contribution >= 0.6 is 0 Å². The van der Waals surface area contributed by atoms with Crippen molar-refractivity contribution < 1.29 is 9.31 Å². The van der Waals surface area contributed by atoms with Crippen LogP contribution in [0.5, 0.6) is 0 Å². The SMILES string of the molecule is CNc1cccnc1/C=C/B1OC(C)(C)C(C)(C)O1. The molecule has 0 atom stereocenters. The molecule has 0 saturated carbocycles. The maximum absolute atomic E-state index is 5.90. The number of nitrogens with zero attached hydrogens (tertiary/aromatic N) is 1. The van der Waals surface area contributed by atoms with Crippen molar-refractivity contribution in [2.75, 3.05) is 12.4 Å². The molecule has 0 unspecified atom stereocenters. The molecular weight excluding hydrogens is 239 g/mol. The Morgan fingerprint density at radius 2 is 1.84 bits per heavy atom. The van der Waals surface area contributed by atoms with Gasteiger partial charge in [-0.1, -0.05) is 5.98 Å².